The van der Waals surface area contributed by atoms with E-state index in [1.807, 2.05) is 0 Å². The molecule has 0 spiro atoms. The van der Waals surface area contributed by atoms with Crippen LogP contribution in [0.3, 0.4) is 0 Å². The van der Waals surface area contributed by atoms with Crippen LogP contribution >= 0.6 is 15.9 Å². The van der Waals surface area contributed by atoms with Crippen molar-refractivity contribution in [2.75, 3.05) is 11.1 Å². The summed E-state index contributed by atoms with van der Waals surface area (Å²) in [5, 5.41) is 6.59. The maximum atomic E-state index is 5.56. The molecule has 0 fully saturated rings. The van der Waals surface area contributed by atoms with E-state index in [2.05, 4.69) is 41.4 Å². The predicted molar refractivity (Wildman–Crippen MR) is 60.5 cm³/mol. The number of nitrogens with one attached hydrogen (secondary N) is 1. The van der Waals surface area contributed by atoms with Gasteiger partial charge in [-0.25, -0.2) is 4.98 Å². The van der Waals surface area contributed by atoms with Gasteiger partial charge in [-0.05, 0) is 22.9 Å². The van der Waals surface area contributed by atoms with Crippen molar-refractivity contribution >= 4 is 27.7 Å². The Morgan fingerprint density at radius 1 is 1.44 bits per heavy atom. The number of aryl methyl sites for hydroxylation is 1. The SMILES string of the molecule is Cc1noc(CNc2nc(N)cc(Br)n2)n1. The first-order valence-electron chi connectivity index (χ1n) is 4.46. The summed E-state index contributed by atoms with van der Waals surface area (Å²) in [5.41, 5.74) is 5.56. The molecule has 0 aliphatic heterocycles. The highest BCUT2D eigenvalue weighted by molar-refractivity contribution is 9.10. The van der Waals surface area contributed by atoms with Gasteiger partial charge < -0.3 is 15.6 Å². The van der Waals surface area contributed by atoms with Crippen LogP contribution in [-0.4, -0.2) is 20.1 Å². The number of rotatable bonds is 3. The predicted octanol–water partition coefficient (Wildman–Crippen LogP) is 1.12. The van der Waals surface area contributed by atoms with Crippen molar-refractivity contribution in [3.05, 3.63) is 22.4 Å². The standard InChI is InChI=1S/C8H9BrN6O/c1-4-12-7(16-15-4)3-11-8-13-5(9)2-6(10)14-8/h2H,3H2,1H3,(H3,10,11,13,14). The molecule has 8 heteroatoms. The summed E-state index contributed by atoms with van der Waals surface area (Å²) < 4.78 is 5.54. The van der Waals surface area contributed by atoms with Gasteiger partial charge in [-0.1, -0.05) is 5.16 Å². The van der Waals surface area contributed by atoms with Gasteiger partial charge in [0.15, 0.2) is 5.82 Å². The second-order valence-corrected chi connectivity index (χ2v) is 3.84. The largest absolute Gasteiger partial charge is 0.383 e. The molecule has 0 bridgehead atoms. The fourth-order valence-corrected chi connectivity index (χ4v) is 1.48. The van der Waals surface area contributed by atoms with Gasteiger partial charge in [0.2, 0.25) is 11.8 Å². The molecule has 16 heavy (non-hydrogen) atoms. The monoisotopic (exact) mass is 284 g/mol. The average Bonchev–Trinajstić information content (AvgIpc) is 2.60. The first-order valence-corrected chi connectivity index (χ1v) is 5.26. The molecule has 0 aliphatic carbocycles. The Balaban J connectivity index is 2.04. The van der Waals surface area contributed by atoms with Crippen LogP contribution in [0.15, 0.2) is 15.2 Å². The van der Waals surface area contributed by atoms with Gasteiger partial charge in [-0.15, -0.1) is 0 Å². The summed E-state index contributed by atoms with van der Waals surface area (Å²) in [5.74, 6) is 1.85. The van der Waals surface area contributed by atoms with E-state index in [0.717, 1.165) is 0 Å². The maximum absolute atomic E-state index is 5.56. The summed E-state index contributed by atoms with van der Waals surface area (Å²) in [7, 11) is 0. The number of anilines is 2. The molecule has 2 aromatic heterocycles. The van der Waals surface area contributed by atoms with Crippen molar-refractivity contribution in [1.29, 1.82) is 0 Å². The number of nitrogen functional groups attached to an aromatic ring is 1. The average molecular weight is 285 g/mol. The van der Waals surface area contributed by atoms with Crippen molar-refractivity contribution in [3.63, 3.8) is 0 Å². The molecule has 3 N–H and O–H groups in total. The molecule has 0 saturated heterocycles. The Labute approximate surface area is 99.6 Å². The van der Waals surface area contributed by atoms with Crippen molar-refractivity contribution in [2.45, 2.75) is 13.5 Å². The van der Waals surface area contributed by atoms with Gasteiger partial charge in [0.25, 0.3) is 0 Å². The highest BCUT2D eigenvalue weighted by Gasteiger charge is 2.04. The van der Waals surface area contributed by atoms with Crippen LogP contribution in [-0.2, 0) is 6.54 Å². The lowest BCUT2D eigenvalue weighted by Gasteiger charge is -2.02. The van der Waals surface area contributed by atoms with E-state index in [-0.39, 0.29) is 0 Å². The normalized spacial score (nSPS) is 10.4. The summed E-state index contributed by atoms with van der Waals surface area (Å²) in [6.07, 6.45) is 0. The molecule has 2 heterocycles. The first kappa shape index (κ1) is 10.8. The number of hydrogen-bond donors (Lipinski definition) is 2. The minimum absolute atomic E-state index is 0.358. The molecule has 0 aliphatic rings. The van der Waals surface area contributed by atoms with Gasteiger partial charge in [0.05, 0.1) is 6.54 Å². The van der Waals surface area contributed by atoms with Crippen LogP contribution in [0.5, 0.6) is 0 Å². The summed E-state index contributed by atoms with van der Waals surface area (Å²) in [4.78, 5) is 12.1. The smallest absolute Gasteiger partial charge is 0.246 e. The molecule has 7 nitrogen and oxygen atoms in total. The Hall–Kier alpha value is -1.70. The third-order valence-corrected chi connectivity index (χ3v) is 2.09. The third kappa shape index (κ3) is 2.66. The minimum Gasteiger partial charge on any atom is -0.383 e. The zero-order valence-electron chi connectivity index (χ0n) is 8.44. The number of halogens is 1. The second-order valence-electron chi connectivity index (χ2n) is 3.03. The molecule has 0 atom stereocenters. The van der Waals surface area contributed by atoms with Gasteiger partial charge in [0.1, 0.15) is 10.4 Å². The molecule has 0 saturated carbocycles. The van der Waals surface area contributed by atoms with E-state index in [4.69, 9.17) is 10.3 Å². The molecule has 0 amide bonds. The molecular formula is C8H9BrN6O. The molecule has 2 rings (SSSR count). The van der Waals surface area contributed by atoms with E-state index >= 15 is 0 Å². The molecule has 84 valence electrons. The van der Waals surface area contributed by atoms with Gasteiger partial charge in [0, 0.05) is 6.07 Å². The van der Waals surface area contributed by atoms with E-state index < -0.39 is 0 Å². The second kappa shape index (κ2) is 4.44. The van der Waals surface area contributed by atoms with Crippen molar-refractivity contribution < 1.29 is 4.52 Å². The van der Waals surface area contributed by atoms with E-state index in [1.54, 1.807) is 13.0 Å². The number of aromatic nitrogens is 4. The number of nitrogens with zero attached hydrogens (tertiary/aromatic N) is 4. The fraction of sp³-hybridized carbons (Fsp3) is 0.250. The molecule has 0 unspecified atom stereocenters. The van der Waals surface area contributed by atoms with Crippen molar-refractivity contribution in [3.8, 4) is 0 Å². The zero-order valence-corrected chi connectivity index (χ0v) is 10.0. The third-order valence-electron chi connectivity index (χ3n) is 1.68. The quantitative estimate of drug-likeness (QED) is 0.814. The van der Waals surface area contributed by atoms with Crippen molar-refractivity contribution in [2.24, 2.45) is 0 Å². The Morgan fingerprint density at radius 2 is 2.25 bits per heavy atom. The Morgan fingerprint density at radius 3 is 2.88 bits per heavy atom. The lowest BCUT2D eigenvalue weighted by molar-refractivity contribution is 0.379. The van der Waals surface area contributed by atoms with Gasteiger partial charge >= 0.3 is 0 Å². The number of hydrogen-bond acceptors (Lipinski definition) is 7. The Kier molecular flexibility index (Phi) is 3.00. The minimum atomic E-state index is 0.358. The van der Waals surface area contributed by atoms with E-state index in [9.17, 15) is 0 Å². The Bertz CT molecular complexity index is 479. The van der Waals surface area contributed by atoms with Crippen molar-refractivity contribution in [1.82, 2.24) is 20.1 Å². The van der Waals surface area contributed by atoms with Gasteiger partial charge in [-0.3, -0.25) is 0 Å². The van der Waals surface area contributed by atoms with Crippen LogP contribution in [0.25, 0.3) is 0 Å². The zero-order chi connectivity index (χ0) is 11.5. The van der Waals surface area contributed by atoms with Crippen LogP contribution in [0.4, 0.5) is 11.8 Å². The van der Waals surface area contributed by atoms with Crippen LogP contribution in [0.1, 0.15) is 11.7 Å². The lowest BCUT2D eigenvalue weighted by Crippen LogP contribution is -2.05. The molecule has 0 aromatic carbocycles. The van der Waals surface area contributed by atoms with E-state index in [0.29, 0.717) is 34.6 Å². The molecule has 2 aromatic rings. The highest BCUT2D eigenvalue weighted by atomic mass is 79.9. The lowest BCUT2D eigenvalue weighted by atomic mass is 10.6. The van der Waals surface area contributed by atoms with Crippen LogP contribution < -0.4 is 11.1 Å². The van der Waals surface area contributed by atoms with Gasteiger partial charge in [-0.2, -0.15) is 9.97 Å². The summed E-state index contributed by atoms with van der Waals surface area (Å²) in [6.45, 7) is 2.11. The van der Waals surface area contributed by atoms with E-state index in [1.165, 1.54) is 0 Å². The fourth-order valence-electron chi connectivity index (χ4n) is 1.08. The molecular weight excluding hydrogens is 276 g/mol. The number of nitrogens with two attached hydrogens (primary N) is 1. The van der Waals surface area contributed by atoms with Crippen LogP contribution in [0.2, 0.25) is 0 Å². The summed E-state index contributed by atoms with van der Waals surface area (Å²) >= 11 is 3.22. The first-order chi connectivity index (χ1) is 7.63. The summed E-state index contributed by atoms with van der Waals surface area (Å²) in [6, 6.07) is 1.61. The maximum Gasteiger partial charge on any atom is 0.246 e. The topological polar surface area (TPSA) is 103 Å². The molecule has 0 radical (unpaired) electrons. The highest BCUT2D eigenvalue weighted by Crippen LogP contribution is 2.12. The van der Waals surface area contributed by atoms with Crippen LogP contribution in [0, 0.1) is 6.92 Å².